The zero-order valence-corrected chi connectivity index (χ0v) is 36.5. The number of fused-ring (bicyclic) bond motifs is 5. The van der Waals surface area contributed by atoms with E-state index in [0.29, 0.717) is 5.92 Å². The molecular formula is C56H53N3O+2. The van der Waals surface area contributed by atoms with E-state index < -0.39 is 11.7 Å². The number of aryl methyl sites for hydroxylation is 3. The van der Waals surface area contributed by atoms with Crippen LogP contribution < -0.4 is 13.9 Å². The number of pyridine rings is 1. The molecule has 4 nitrogen and oxygen atoms in total. The van der Waals surface area contributed by atoms with Gasteiger partial charge in [-0.1, -0.05) is 115 Å². The summed E-state index contributed by atoms with van der Waals surface area (Å²) in [4.78, 5) is 0. The van der Waals surface area contributed by atoms with Crippen LogP contribution in [-0.4, -0.2) is 4.57 Å². The Hall–Kier alpha value is -6.26. The van der Waals surface area contributed by atoms with E-state index in [-0.39, 0.29) is 5.41 Å². The average Bonchev–Trinajstić information content (AvgIpc) is 3.72. The van der Waals surface area contributed by atoms with E-state index >= 15 is 0 Å². The van der Waals surface area contributed by atoms with Gasteiger partial charge in [-0.15, -0.1) is 9.13 Å². The van der Waals surface area contributed by atoms with Gasteiger partial charge >= 0.3 is 11.7 Å². The van der Waals surface area contributed by atoms with Crippen LogP contribution >= 0.6 is 0 Å². The SMILES string of the molecule is [2H]C(C)(C)c1cccc(C(C)C)c1-c1ccc(-n2c3[n+]4c5c(cccc52)-c2cc(C(C)(C)C)cc5c2C4(Oc2c(C)cc(C)cc2-3)[n+]2ccc(-c3ccccc3)cc2-5)c(C)c1. The van der Waals surface area contributed by atoms with Gasteiger partial charge < -0.3 is 4.74 Å². The lowest BCUT2D eigenvalue weighted by Crippen LogP contribution is -2.78. The second kappa shape index (κ2) is 12.6. The molecule has 0 aliphatic carbocycles. The highest BCUT2D eigenvalue weighted by molar-refractivity contribution is 5.98. The van der Waals surface area contributed by atoms with E-state index in [4.69, 9.17) is 4.74 Å². The van der Waals surface area contributed by atoms with Crippen molar-refractivity contribution in [2.45, 2.75) is 92.3 Å². The summed E-state index contributed by atoms with van der Waals surface area (Å²) in [5.74, 6) is 0.547. The predicted octanol–water partition coefficient (Wildman–Crippen LogP) is 13.2. The molecule has 0 fully saturated rings. The number of nitrogens with zero attached hydrogens (tertiary/aromatic N) is 3. The molecule has 5 heterocycles. The maximum absolute atomic E-state index is 9.18. The molecule has 1 spiro atoms. The second-order valence-electron chi connectivity index (χ2n) is 19.0. The third-order valence-electron chi connectivity index (χ3n) is 13.4. The highest BCUT2D eigenvalue weighted by atomic mass is 16.5. The number of ether oxygens (including phenoxy) is 1. The molecule has 0 bridgehead atoms. The van der Waals surface area contributed by atoms with Crippen LogP contribution in [0.4, 0.5) is 0 Å². The Kier molecular flexibility index (Phi) is 7.51. The molecule has 1 atom stereocenters. The molecule has 0 saturated carbocycles. The van der Waals surface area contributed by atoms with Crippen LogP contribution in [0.1, 0.15) is 101 Å². The topological polar surface area (TPSA) is 21.9 Å². The van der Waals surface area contributed by atoms with Gasteiger partial charge in [0.05, 0.1) is 5.56 Å². The number of aromatic nitrogens is 3. The zero-order chi connectivity index (χ0) is 42.5. The molecule has 0 saturated heterocycles. The Morgan fingerprint density at radius 3 is 2.15 bits per heavy atom. The first-order valence-electron chi connectivity index (χ1n) is 22.0. The summed E-state index contributed by atoms with van der Waals surface area (Å²) in [7, 11) is 0. The van der Waals surface area contributed by atoms with E-state index in [1.807, 2.05) is 13.8 Å². The van der Waals surface area contributed by atoms with Gasteiger partial charge in [-0.25, -0.2) is 0 Å². The monoisotopic (exact) mass is 784 g/mol. The molecular weight excluding hydrogens is 731 g/mol. The van der Waals surface area contributed by atoms with Crippen molar-refractivity contribution in [2.24, 2.45) is 0 Å². The predicted molar refractivity (Wildman–Crippen MR) is 245 cm³/mol. The molecule has 1 unspecified atom stereocenters. The van der Waals surface area contributed by atoms with Gasteiger partial charge in [-0.3, -0.25) is 0 Å². The Bertz CT molecular complexity index is 3190. The van der Waals surface area contributed by atoms with Crippen molar-refractivity contribution in [1.82, 2.24) is 4.57 Å². The Balaban J connectivity index is 1.27. The molecule has 0 radical (unpaired) electrons. The fraction of sp³-hybridized carbons (Fsp3) is 0.250. The normalized spacial score (nSPS) is 16.1. The van der Waals surface area contributed by atoms with Crippen LogP contribution in [0, 0.1) is 20.8 Å². The summed E-state index contributed by atoms with van der Waals surface area (Å²) in [5, 5.41) is 0. The average molecular weight is 785 g/mol. The number of para-hydroxylation sites is 1. The molecule has 4 heteroatoms. The van der Waals surface area contributed by atoms with E-state index in [0.717, 1.165) is 56.2 Å². The van der Waals surface area contributed by atoms with Gasteiger partial charge in [-0.2, -0.15) is 4.57 Å². The van der Waals surface area contributed by atoms with Gasteiger partial charge in [0.1, 0.15) is 16.8 Å². The molecule has 2 aromatic heterocycles. The minimum atomic E-state index is -1.02. The second-order valence-corrected chi connectivity index (χ2v) is 19.0. The van der Waals surface area contributed by atoms with Crippen LogP contribution in [0.5, 0.6) is 5.75 Å². The fourth-order valence-corrected chi connectivity index (χ4v) is 10.6. The highest BCUT2D eigenvalue weighted by Crippen LogP contribution is 2.55. The van der Waals surface area contributed by atoms with Crippen LogP contribution in [0.15, 0.2) is 128 Å². The summed E-state index contributed by atoms with van der Waals surface area (Å²) in [6.07, 6.45) is 2.26. The first kappa shape index (κ1) is 35.7. The summed E-state index contributed by atoms with van der Waals surface area (Å²) in [5.41, 5.74) is 22.2. The van der Waals surface area contributed by atoms with Crippen molar-refractivity contribution in [2.75, 3.05) is 0 Å². The number of hydrogen-bond donors (Lipinski definition) is 0. The Morgan fingerprint density at radius 1 is 0.667 bits per heavy atom. The fourth-order valence-electron chi connectivity index (χ4n) is 10.6. The van der Waals surface area contributed by atoms with E-state index in [1.165, 1.54) is 61.2 Å². The zero-order valence-electron chi connectivity index (χ0n) is 37.5. The van der Waals surface area contributed by atoms with Gasteiger partial charge in [0, 0.05) is 24.6 Å². The molecule has 3 aliphatic heterocycles. The van der Waals surface area contributed by atoms with Crippen LogP contribution in [0.3, 0.4) is 0 Å². The smallest absolute Gasteiger partial charge is 0.392 e. The minimum Gasteiger partial charge on any atom is -0.392 e. The molecule has 8 aromatic rings. The van der Waals surface area contributed by atoms with Crippen molar-refractivity contribution in [3.8, 4) is 67.5 Å². The molecule has 0 N–H and O–H groups in total. The number of rotatable bonds is 5. The lowest BCUT2D eigenvalue weighted by atomic mass is 9.80. The van der Waals surface area contributed by atoms with Gasteiger partial charge in [0.15, 0.2) is 23.0 Å². The van der Waals surface area contributed by atoms with Crippen LogP contribution in [-0.2, 0) is 11.3 Å². The van der Waals surface area contributed by atoms with Crippen molar-refractivity contribution < 1.29 is 15.2 Å². The lowest BCUT2D eigenvalue weighted by molar-refractivity contribution is -0.997. The van der Waals surface area contributed by atoms with Gasteiger partial charge in [0.2, 0.25) is 5.69 Å². The number of hydrogen-bond acceptors (Lipinski definition) is 1. The summed E-state index contributed by atoms with van der Waals surface area (Å²) in [6, 6.07) is 45.1. The molecule has 3 aliphatic rings. The minimum absolute atomic E-state index is 0.0855. The molecule has 0 amide bonds. The largest absolute Gasteiger partial charge is 0.499 e. The maximum Gasteiger partial charge on any atom is 0.499 e. The standard InChI is InChI=1S/C56H53N3O/c1-32(2)41-18-14-19-42(33(3)4)50(41)39-22-23-47(35(6)28-39)58-48-21-15-20-43-44-30-40(55(8,9)10)31-45-49-29-38(37-16-12-11-13-17-37)24-25-57(49)56(51(44)45)59(52(43)48)54(58)46-27-34(5)26-36(7)53(46)60-56/h11-33H,1-10H3/q+2/i32D. The number of benzene rings is 6. The third kappa shape index (κ3) is 4.91. The first-order chi connectivity index (χ1) is 29.1. The summed E-state index contributed by atoms with van der Waals surface area (Å²) in [6.45, 7) is 22.1. The summed E-state index contributed by atoms with van der Waals surface area (Å²) < 4.78 is 24.4. The molecule has 6 aromatic carbocycles. The van der Waals surface area contributed by atoms with Crippen molar-refractivity contribution in [1.29, 1.82) is 0 Å². The first-order valence-corrected chi connectivity index (χ1v) is 21.5. The Morgan fingerprint density at radius 2 is 1.42 bits per heavy atom. The molecule has 296 valence electrons. The third-order valence-corrected chi connectivity index (χ3v) is 13.4. The Labute approximate surface area is 355 Å². The quantitative estimate of drug-likeness (QED) is 0.159. The van der Waals surface area contributed by atoms with Gasteiger partial charge in [-0.05, 0) is 136 Å². The maximum atomic E-state index is 9.18. The van der Waals surface area contributed by atoms with Crippen LogP contribution in [0.2, 0.25) is 0 Å². The van der Waals surface area contributed by atoms with Crippen molar-refractivity contribution >= 4 is 11.0 Å². The lowest BCUT2D eigenvalue weighted by Gasteiger charge is -2.33. The van der Waals surface area contributed by atoms with Gasteiger partial charge in [0.25, 0.3) is 0 Å². The molecule has 11 rings (SSSR count). The van der Waals surface area contributed by atoms with E-state index in [1.54, 1.807) is 0 Å². The molecule has 60 heavy (non-hydrogen) atoms. The van der Waals surface area contributed by atoms with Crippen molar-refractivity contribution in [3.05, 3.63) is 166 Å². The highest BCUT2D eigenvalue weighted by Gasteiger charge is 2.68. The number of imidazole rings is 1. The van der Waals surface area contributed by atoms with Crippen LogP contribution in [0.25, 0.3) is 72.7 Å². The van der Waals surface area contributed by atoms with Crippen molar-refractivity contribution in [3.63, 3.8) is 0 Å². The van der Waals surface area contributed by atoms with E-state index in [9.17, 15) is 1.37 Å². The summed E-state index contributed by atoms with van der Waals surface area (Å²) >= 11 is 0. The van der Waals surface area contributed by atoms with E-state index in [2.05, 4.69) is 197 Å².